The van der Waals surface area contributed by atoms with E-state index in [0.29, 0.717) is 11.3 Å². The maximum atomic E-state index is 12.2. The third kappa shape index (κ3) is 7.47. The second-order valence-corrected chi connectivity index (χ2v) is 8.41. The summed E-state index contributed by atoms with van der Waals surface area (Å²) in [4.78, 5) is 36.1. The van der Waals surface area contributed by atoms with Crippen molar-refractivity contribution in [2.75, 3.05) is 11.9 Å². The van der Waals surface area contributed by atoms with Crippen molar-refractivity contribution in [3.63, 3.8) is 0 Å². The molecule has 0 atom stereocenters. The number of hydrogen-bond donors (Lipinski definition) is 1. The molecule has 5 heteroatoms. The summed E-state index contributed by atoms with van der Waals surface area (Å²) in [6.07, 6.45) is 2.03. The average Bonchev–Trinajstić information content (AvgIpc) is 2.71. The minimum absolute atomic E-state index is 0.0348. The van der Waals surface area contributed by atoms with E-state index in [1.807, 2.05) is 36.4 Å². The van der Waals surface area contributed by atoms with E-state index in [9.17, 15) is 14.4 Å². The SMILES string of the molecule is CCCc1ccc(C(=O)CCC(=O)OCC(=O)Nc2ccc(C(C)(C)C)cc2)cc1. The summed E-state index contributed by atoms with van der Waals surface area (Å²) >= 11 is 0. The molecule has 2 rings (SSSR count). The molecule has 30 heavy (non-hydrogen) atoms. The number of carbonyl (C=O) groups excluding carboxylic acids is 3. The van der Waals surface area contributed by atoms with Gasteiger partial charge in [-0.1, -0.05) is 70.5 Å². The van der Waals surface area contributed by atoms with Crippen LogP contribution in [0.3, 0.4) is 0 Å². The van der Waals surface area contributed by atoms with E-state index in [0.717, 1.165) is 18.4 Å². The first-order valence-electron chi connectivity index (χ1n) is 10.4. The maximum Gasteiger partial charge on any atom is 0.306 e. The fourth-order valence-corrected chi connectivity index (χ4v) is 2.97. The summed E-state index contributed by atoms with van der Waals surface area (Å²) in [5, 5.41) is 2.70. The second kappa shape index (κ2) is 10.7. The van der Waals surface area contributed by atoms with Crippen molar-refractivity contribution < 1.29 is 19.1 Å². The quantitative estimate of drug-likeness (QED) is 0.463. The molecule has 1 N–H and O–H groups in total. The summed E-state index contributed by atoms with van der Waals surface area (Å²) in [6.45, 7) is 8.08. The van der Waals surface area contributed by atoms with Crippen molar-refractivity contribution in [2.24, 2.45) is 0 Å². The number of ketones is 1. The minimum Gasteiger partial charge on any atom is -0.456 e. The number of Topliss-reactive ketones (excluding diaryl/α,β-unsaturated/α-hetero) is 1. The van der Waals surface area contributed by atoms with E-state index in [2.05, 4.69) is 33.0 Å². The van der Waals surface area contributed by atoms with Gasteiger partial charge in [0.25, 0.3) is 5.91 Å². The molecule has 1 amide bonds. The van der Waals surface area contributed by atoms with Crippen LogP contribution < -0.4 is 5.32 Å². The van der Waals surface area contributed by atoms with Crippen molar-refractivity contribution in [1.82, 2.24) is 0 Å². The Labute approximate surface area is 178 Å². The summed E-state index contributed by atoms with van der Waals surface area (Å²) < 4.78 is 4.99. The molecule has 0 bridgehead atoms. The zero-order valence-corrected chi connectivity index (χ0v) is 18.3. The zero-order valence-electron chi connectivity index (χ0n) is 18.3. The number of anilines is 1. The monoisotopic (exact) mass is 409 g/mol. The highest BCUT2D eigenvalue weighted by molar-refractivity contribution is 5.98. The lowest BCUT2D eigenvalue weighted by Crippen LogP contribution is -2.21. The van der Waals surface area contributed by atoms with Crippen LogP contribution in [0.25, 0.3) is 0 Å². The molecule has 0 saturated carbocycles. The third-order valence-electron chi connectivity index (χ3n) is 4.77. The molecule has 0 heterocycles. The summed E-state index contributed by atoms with van der Waals surface area (Å²) in [5.41, 5.74) is 3.61. The van der Waals surface area contributed by atoms with Crippen LogP contribution >= 0.6 is 0 Å². The highest BCUT2D eigenvalue weighted by atomic mass is 16.5. The largest absolute Gasteiger partial charge is 0.456 e. The number of amides is 1. The van der Waals surface area contributed by atoms with Gasteiger partial charge in [0.05, 0.1) is 6.42 Å². The Bertz CT molecular complexity index is 862. The second-order valence-electron chi connectivity index (χ2n) is 8.41. The van der Waals surface area contributed by atoms with Crippen molar-refractivity contribution in [1.29, 1.82) is 0 Å². The highest BCUT2D eigenvalue weighted by Gasteiger charge is 2.14. The Balaban J connectivity index is 1.73. The molecule has 2 aromatic rings. The van der Waals surface area contributed by atoms with E-state index in [1.165, 1.54) is 5.56 Å². The predicted molar refractivity (Wildman–Crippen MR) is 119 cm³/mol. The van der Waals surface area contributed by atoms with Gasteiger partial charge in [0, 0.05) is 17.7 Å². The topological polar surface area (TPSA) is 72.5 Å². The van der Waals surface area contributed by atoms with Gasteiger partial charge < -0.3 is 10.1 Å². The molecule has 5 nitrogen and oxygen atoms in total. The van der Waals surface area contributed by atoms with Crippen molar-refractivity contribution in [3.8, 4) is 0 Å². The highest BCUT2D eigenvalue weighted by Crippen LogP contribution is 2.23. The zero-order chi connectivity index (χ0) is 22.1. The molecule has 0 aliphatic carbocycles. The molecule has 0 aliphatic heterocycles. The standard InChI is InChI=1S/C25H31NO4/c1-5-6-18-7-9-19(10-8-18)22(27)15-16-24(29)30-17-23(28)26-21-13-11-20(12-14-21)25(2,3)4/h7-14H,5-6,15-17H2,1-4H3,(H,26,28). The first kappa shape index (κ1) is 23.3. The van der Waals surface area contributed by atoms with Gasteiger partial charge in [-0.15, -0.1) is 0 Å². The fourth-order valence-electron chi connectivity index (χ4n) is 2.97. The van der Waals surface area contributed by atoms with Crippen LogP contribution in [-0.2, 0) is 26.2 Å². The van der Waals surface area contributed by atoms with Crippen LogP contribution in [-0.4, -0.2) is 24.3 Å². The Morgan fingerprint density at radius 1 is 0.900 bits per heavy atom. The van der Waals surface area contributed by atoms with Gasteiger partial charge >= 0.3 is 5.97 Å². The molecule has 2 aromatic carbocycles. The molecule has 0 aromatic heterocycles. The number of esters is 1. The smallest absolute Gasteiger partial charge is 0.306 e. The first-order valence-corrected chi connectivity index (χ1v) is 10.4. The van der Waals surface area contributed by atoms with Crippen LogP contribution in [0, 0.1) is 0 Å². The molecule has 0 saturated heterocycles. The van der Waals surface area contributed by atoms with E-state index in [-0.39, 0.29) is 30.6 Å². The fraction of sp³-hybridized carbons (Fsp3) is 0.400. The summed E-state index contributed by atoms with van der Waals surface area (Å²) in [6, 6.07) is 15.0. The van der Waals surface area contributed by atoms with Gasteiger partial charge in [0.2, 0.25) is 0 Å². The molecule has 0 spiro atoms. The third-order valence-corrected chi connectivity index (χ3v) is 4.77. The first-order chi connectivity index (χ1) is 14.2. The summed E-state index contributed by atoms with van der Waals surface area (Å²) in [5.74, 6) is -1.09. The molecule has 160 valence electrons. The van der Waals surface area contributed by atoms with Crippen LogP contribution in [0.2, 0.25) is 0 Å². The normalized spacial score (nSPS) is 11.1. The van der Waals surface area contributed by atoms with Gasteiger partial charge in [-0.25, -0.2) is 0 Å². The van der Waals surface area contributed by atoms with Gasteiger partial charge in [0.1, 0.15) is 0 Å². The number of hydrogen-bond acceptors (Lipinski definition) is 4. The van der Waals surface area contributed by atoms with Crippen LogP contribution in [0.15, 0.2) is 48.5 Å². The van der Waals surface area contributed by atoms with Crippen LogP contribution in [0.1, 0.15) is 68.4 Å². The van der Waals surface area contributed by atoms with Crippen molar-refractivity contribution in [2.45, 2.75) is 58.8 Å². The predicted octanol–water partition coefficient (Wildman–Crippen LogP) is 5.08. The molecule has 0 unspecified atom stereocenters. The lowest BCUT2D eigenvalue weighted by molar-refractivity contribution is -0.147. The van der Waals surface area contributed by atoms with E-state index in [1.54, 1.807) is 12.1 Å². The van der Waals surface area contributed by atoms with Crippen LogP contribution in [0.5, 0.6) is 0 Å². The van der Waals surface area contributed by atoms with E-state index >= 15 is 0 Å². The number of benzene rings is 2. The van der Waals surface area contributed by atoms with Crippen LogP contribution in [0.4, 0.5) is 5.69 Å². The lowest BCUT2D eigenvalue weighted by atomic mass is 9.87. The number of ether oxygens (including phenoxy) is 1. The summed E-state index contributed by atoms with van der Waals surface area (Å²) in [7, 11) is 0. The molecule has 0 aliphatic rings. The Morgan fingerprint density at radius 3 is 2.10 bits per heavy atom. The molecular formula is C25H31NO4. The van der Waals surface area contributed by atoms with Gasteiger partial charge in [0.15, 0.2) is 12.4 Å². The Kier molecular flexibility index (Phi) is 8.34. The van der Waals surface area contributed by atoms with E-state index < -0.39 is 11.9 Å². The number of nitrogens with one attached hydrogen (secondary N) is 1. The van der Waals surface area contributed by atoms with Crippen molar-refractivity contribution >= 4 is 23.3 Å². The van der Waals surface area contributed by atoms with Gasteiger partial charge in [-0.3, -0.25) is 14.4 Å². The maximum absolute atomic E-state index is 12.2. The number of carbonyl (C=O) groups is 3. The van der Waals surface area contributed by atoms with E-state index in [4.69, 9.17) is 4.74 Å². The minimum atomic E-state index is -0.566. The molecule has 0 fully saturated rings. The Hall–Kier alpha value is -2.95. The van der Waals surface area contributed by atoms with Gasteiger partial charge in [-0.2, -0.15) is 0 Å². The lowest BCUT2D eigenvalue weighted by Gasteiger charge is -2.19. The number of rotatable bonds is 9. The molecular weight excluding hydrogens is 378 g/mol. The van der Waals surface area contributed by atoms with Gasteiger partial charge in [-0.05, 0) is 35.1 Å². The average molecular weight is 410 g/mol. The Morgan fingerprint density at radius 2 is 1.53 bits per heavy atom. The van der Waals surface area contributed by atoms with Crippen molar-refractivity contribution in [3.05, 3.63) is 65.2 Å². The molecule has 0 radical (unpaired) electrons. The number of aryl methyl sites for hydroxylation is 1.